The van der Waals surface area contributed by atoms with Crippen LogP contribution in [-0.4, -0.2) is 32.6 Å². The summed E-state index contributed by atoms with van der Waals surface area (Å²) in [7, 11) is -3.63. The standard InChI is InChI=1S/C11H14N2O4S/c1-7-9-6-8(18(16,17)12-4-5-14)2-3-10(9)13-11(7)15/h2-3,6-7,12,14H,4-5H2,1H3,(H,13,15). The molecule has 98 valence electrons. The van der Waals surface area contributed by atoms with Gasteiger partial charge in [0.2, 0.25) is 15.9 Å². The van der Waals surface area contributed by atoms with Gasteiger partial charge < -0.3 is 10.4 Å². The number of aliphatic hydroxyl groups excluding tert-OH is 1. The van der Waals surface area contributed by atoms with Gasteiger partial charge in [0.05, 0.1) is 17.4 Å². The quantitative estimate of drug-likeness (QED) is 0.718. The third kappa shape index (κ3) is 2.24. The minimum absolute atomic E-state index is 0.0356. The van der Waals surface area contributed by atoms with Crippen molar-refractivity contribution in [3.05, 3.63) is 23.8 Å². The minimum atomic E-state index is -3.63. The third-order valence-electron chi connectivity index (χ3n) is 2.85. The normalized spacial score (nSPS) is 18.6. The van der Waals surface area contributed by atoms with E-state index in [2.05, 4.69) is 10.0 Å². The van der Waals surface area contributed by atoms with Gasteiger partial charge in [0, 0.05) is 12.2 Å². The summed E-state index contributed by atoms with van der Waals surface area (Å²) in [4.78, 5) is 11.6. The SMILES string of the molecule is CC1C(=O)Nc2ccc(S(=O)(=O)NCCO)cc21. The Labute approximate surface area is 105 Å². The molecule has 0 saturated carbocycles. The van der Waals surface area contributed by atoms with Gasteiger partial charge in [-0.2, -0.15) is 0 Å². The number of hydrogen-bond acceptors (Lipinski definition) is 4. The van der Waals surface area contributed by atoms with E-state index in [0.717, 1.165) is 0 Å². The summed E-state index contributed by atoms with van der Waals surface area (Å²) in [5.41, 5.74) is 1.32. The van der Waals surface area contributed by atoms with Crippen molar-refractivity contribution >= 4 is 21.6 Å². The first-order valence-electron chi connectivity index (χ1n) is 5.51. The fraction of sp³-hybridized carbons (Fsp3) is 0.364. The number of sulfonamides is 1. The van der Waals surface area contributed by atoms with E-state index < -0.39 is 10.0 Å². The lowest BCUT2D eigenvalue weighted by Gasteiger charge is -2.08. The molecule has 0 fully saturated rings. The highest BCUT2D eigenvalue weighted by Gasteiger charge is 2.28. The van der Waals surface area contributed by atoms with Crippen molar-refractivity contribution in [2.75, 3.05) is 18.5 Å². The van der Waals surface area contributed by atoms with Crippen molar-refractivity contribution in [3.63, 3.8) is 0 Å². The Kier molecular flexibility index (Phi) is 3.38. The molecule has 1 aromatic rings. The topological polar surface area (TPSA) is 95.5 Å². The number of carbonyl (C=O) groups excluding carboxylic acids is 1. The molecule has 1 aliphatic heterocycles. The van der Waals surface area contributed by atoms with Gasteiger partial charge >= 0.3 is 0 Å². The molecule has 6 nitrogen and oxygen atoms in total. The van der Waals surface area contributed by atoms with E-state index >= 15 is 0 Å². The van der Waals surface area contributed by atoms with Gasteiger partial charge in [-0.3, -0.25) is 4.79 Å². The van der Waals surface area contributed by atoms with Crippen molar-refractivity contribution in [2.45, 2.75) is 17.7 Å². The summed E-state index contributed by atoms with van der Waals surface area (Å²) in [6.45, 7) is 1.42. The third-order valence-corrected chi connectivity index (χ3v) is 4.31. The number of amides is 1. The van der Waals surface area contributed by atoms with E-state index in [9.17, 15) is 13.2 Å². The van der Waals surface area contributed by atoms with E-state index in [1.807, 2.05) is 0 Å². The summed E-state index contributed by atoms with van der Waals surface area (Å²) in [6.07, 6.45) is 0. The van der Waals surface area contributed by atoms with Gasteiger partial charge in [-0.1, -0.05) is 0 Å². The molecule has 0 bridgehead atoms. The molecule has 3 N–H and O–H groups in total. The number of rotatable bonds is 4. The lowest BCUT2D eigenvalue weighted by atomic mass is 10.0. The molecule has 1 aliphatic rings. The van der Waals surface area contributed by atoms with E-state index in [0.29, 0.717) is 11.3 Å². The molecule has 0 radical (unpaired) electrons. The lowest BCUT2D eigenvalue weighted by molar-refractivity contribution is -0.116. The summed E-state index contributed by atoms with van der Waals surface area (Å²) < 4.78 is 26.0. The van der Waals surface area contributed by atoms with Gasteiger partial charge in [0.15, 0.2) is 0 Å². The van der Waals surface area contributed by atoms with Crippen LogP contribution < -0.4 is 10.0 Å². The molecule has 1 aromatic carbocycles. The van der Waals surface area contributed by atoms with Gasteiger partial charge in [-0.05, 0) is 30.7 Å². The molecule has 1 amide bonds. The predicted octanol–water partition coefficient (Wildman–Crippen LogP) is 0.0128. The van der Waals surface area contributed by atoms with Crippen LogP contribution >= 0.6 is 0 Å². The molecule has 1 heterocycles. The molecule has 0 aromatic heterocycles. The Bertz CT molecular complexity index is 583. The Morgan fingerprint density at radius 2 is 2.17 bits per heavy atom. The Hall–Kier alpha value is -1.44. The Morgan fingerprint density at radius 1 is 1.44 bits per heavy atom. The number of aliphatic hydroxyl groups is 1. The molecule has 0 aliphatic carbocycles. The molecule has 0 saturated heterocycles. The van der Waals surface area contributed by atoms with Crippen molar-refractivity contribution in [3.8, 4) is 0 Å². The highest BCUT2D eigenvalue weighted by atomic mass is 32.2. The Balaban J connectivity index is 2.36. The van der Waals surface area contributed by atoms with Crippen LogP contribution in [0.25, 0.3) is 0 Å². The van der Waals surface area contributed by atoms with Gasteiger partial charge in [-0.25, -0.2) is 13.1 Å². The first kappa shape index (κ1) is 13.0. The zero-order chi connectivity index (χ0) is 13.3. The van der Waals surface area contributed by atoms with E-state index in [1.54, 1.807) is 13.0 Å². The number of anilines is 1. The zero-order valence-electron chi connectivity index (χ0n) is 9.80. The van der Waals surface area contributed by atoms with Crippen LogP contribution in [0.15, 0.2) is 23.1 Å². The molecule has 1 unspecified atom stereocenters. The van der Waals surface area contributed by atoms with Crippen LogP contribution in [0.1, 0.15) is 18.4 Å². The van der Waals surface area contributed by atoms with Crippen LogP contribution in [0.3, 0.4) is 0 Å². The van der Waals surface area contributed by atoms with E-state index in [1.165, 1.54) is 12.1 Å². The summed E-state index contributed by atoms with van der Waals surface area (Å²) in [6, 6.07) is 4.48. The molecule has 0 spiro atoms. The van der Waals surface area contributed by atoms with E-state index in [4.69, 9.17) is 5.11 Å². The number of fused-ring (bicyclic) bond motifs is 1. The second kappa shape index (κ2) is 4.68. The molecular weight excluding hydrogens is 256 g/mol. The van der Waals surface area contributed by atoms with Crippen molar-refractivity contribution in [1.82, 2.24) is 4.72 Å². The number of nitrogens with one attached hydrogen (secondary N) is 2. The molecular formula is C11H14N2O4S. The molecule has 7 heteroatoms. The highest BCUT2D eigenvalue weighted by molar-refractivity contribution is 7.89. The Morgan fingerprint density at radius 3 is 2.83 bits per heavy atom. The van der Waals surface area contributed by atoms with Gasteiger partial charge in [0.1, 0.15) is 0 Å². The summed E-state index contributed by atoms with van der Waals surface area (Å²) in [5.74, 6) is -0.490. The predicted molar refractivity (Wildman–Crippen MR) is 65.8 cm³/mol. The van der Waals surface area contributed by atoms with Crippen LogP contribution in [0.2, 0.25) is 0 Å². The number of benzene rings is 1. The second-order valence-corrected chi connectivity index (χ2v) is 5.85. The van der Waals surface area contributed by atoms with Crippen LogP contribution in [0, 0.1) is 0 Å². The molecule has 18 heavy (non-hydrogen) atoms. The largest absolute Gasteiger partial charge is 0.395 e. The number of hydrogen-bond donors (Lipinski definition) is 3. The average molecular weight is 270 g/mol. The summed E-state index contributed by atoms with van der Waals surface area (Å²) >= 11 is 0. The van der Waals surface area contributed by atoms with Crippen molar-refractivity contribution < 1.29 is 18.3 Å². The van der Waals surface area contributed by atoms with Crippen LogP contribution in [0.5, 0.6) is 0 Å². The minimum Gasteiger partial charge on any atom is -0.395 e. The zero-order valence-corrected chi connectivity index (χ0v) is 10.6. The highest BCUT2D eigenvalue weighted by Crippen LogP contribution is 2.33. The van der Waals surface area contributed by atoms with E-state index in [-0.39, 0.29) is 29.9 Å². The average Bonchev–Trinajstić information content (AvgIpc) is 2.62. The van der Waals surface area contributed by atoms with Crippen LogP contribution in [0.4, 0.5) is 5.69 Å². The smallest absolute Gasteiger partial charge is 0.240 e. The molecule has 2 rings (SSSR count). The van der Waals surface area contributed by atoms with Crippen LogP contribution in [-0.2, 0) is 14.8 Å². The first-order valence-corrected chi connectivity index (χ1v) is 6.99. The number of carbonyl (C=O) groups is 1. The van der Waals surface area contributed by atoms with Crippen molar-refractivity contribution in [1.29, 1.82) is 0 Å². The maximum absolute atomic E-state index is 11.9. The first-order chi connectivity index (χ1) is 8.45. The lowest BCUT2D eigenvalue weighted by Crippen LogP contribution is -2.26. The fourth-order valence-electron chi connectivity index (χ4n) is 1.83. The van der Waals surface area contributed by atoms with Gasteiger partial charge in [-0.15, -0.1) is 0 Å². The maximum atomic E-state index is 11.9. The monoisotopic (exact) mass is 270 g/mol. The van der Waals surface area contributed by atoms with Gasteiger partial charge in [0.25, 0.3) is 0 Å². The fourth-order valence-corrected chi connectivity index (χ4v) is 2.88. The van der Waals surface area contributed by atoms with Crippen molar-refractivity contribution in [2.24, 2.45) is 0 Å². The summed E-state index contributed by atoms with van der Waals surface area (Å²) in [5, 5.41) is 11.3. The second-order valence-electron chi connectivity index (χ2n) is 4.08. The molecule has 1 atom stereocenters. The maximum Gasteiger partial charge on any atom is 0.240 e.